The molecule has 0 saturated carbocycles. The average molecular weight is 318 g/mol. The van der Waals surface area contributed by atoms with Crippen molar-refractivity contribution in [2.24, 2.45) is 0 Å². The van der Waals surface area contributed by atoms with Crippen molar-refractivity contribution in [3.05, 3.63) is 72.4 Å². The number of nitrogens with zero attached hydrogens (tertiary/aromatic N) is 3. The van der Waals surface area contributed by atoms with Crippen LogP contribution in [-0.4, -0.2) is 16.5 Å². The van der Waals surface area contributed by atoms with Crippen LogP contribution in [0.15, 0.2) is 66.9 Å². The van der Waals surface area contributed by atoms with Crippen LogP contribution in [0.3, 0.4) is 0 Å². The van der Waals surface area contributed by atoms with Gasteiger partial charge >= 0.3 is 0 Å². The quantitative estimate of drug-likeness (QED) is 0.699. The van der Waals surface area contributed by atoms with Crippen LogP contribution in [0.1, 0.15) is 19.4 Å². The van der Waals surface area contributed by atoms with E-state index in [1.54, 1.807) is 6.20 Å². The van der Waals surface area contributed by atoms with Crippen LogP contribution in [-0.2, 0) is 6.42 Å². The van der Waals surface area contributed by atoms with Crippen LogP contribution in [0.2, 0.25) is 0 Å². The molecule has 0 fully saturated rings. The third-order valence-corrected chi connectivity index (χ3v) is 3.95. The smallest absolute Gasteiger partial charge is 0.229 e. The van der Waals surface area contributed by atoms with Crippen molar-refractivity contribution >= 4 is 23.1 Å². The first-order valence-corrected chi connectivity index (χ1v) is 8.32. The van der Waals surface area contributed by atoms with E-state index in [2.05, 4.69) is 59.4 Å². The van der Waals surface area contributed by atoms with Crippen molar-refractivity contribution in [1.29, 1.82) is 0 Å². The second-order valence-corrected chi connectivity index (χ2v) is 5.45. The minimum atomic E-state index is 0.614. The second kappa shape index (κ2) is 7.59. The summed E-state index contributed by atoms with van der Waals surface area (Å²) < 4.78 is 0. The van der Waals surface area contributed by atoms with Crippen molar-refractivity contribution in [1.82, 2.24) is 9.97 Å². The lowest BCUT2D eigenvalue weighted by atomic mass is 10.1. The molecule has 0 bridgehead atoms. The molecule has 1 aromatic heterocycles. The summed E-state index contributed by atoms with van der Waals surface area (Å²) in [6, 6.07) is 20.5. The minimum absolute atomic E-state index is 0.614. The Morgan fingerprint density at radius 3 is 2.42 bits per heavy atom. The number of aromatic nitrogens is 2. The zero-order chi connectivity index (χ0) is 16.8. The van der Waals surface area contributed by atoms with Gasteiger partial charge in [0.15, 0.2) is 0 Å². The highest BCUT2D eigenvalue weighted by molar-refractivity contribution is 5.63. The normalized spacial score (nSPS) is 10.4. The zero-order valence-corrected chi connectivity index (χ0v) is 14.1. The molecule has 0 saturated heterocycles. The molecule has 0 aliphatic heterocycles. The Bertz CT molecular complexity index is 786. The lowest BCUT2D eigenvalue weighted by Gasteiger charge is -2.22. The number of hydrogen-bond acceptors (Lipinski definition) is 4. The van der Waals surface area contributed by atoms with Gasteiger partial charge in [0.25, 0.3) is 0 Å². The fourth-order valence-corrected chi connectivity index (χ4v) is 2.72. The highest BCUT2D eigenvalue weighted by Crippen LogP contribution is 2.25. The summed E-state index contributed by atoms with van der Waals surface area (Å²) in [7, 11) is 0. The molecule has 0 spiro atoms. The molecule has 3 aromatic rings. The number of benzene rings is 2. The van der Waals surface area contributed by atoms with E-state index in [-0.39, 0.29) is 0 Å². The Morgan fingerprint density at radius 1 is 0.917 bits per heavy atom. The predicted molar refractivity (Wildman–Crippen MR) is 100 cm³/mol. The molecule has 4 heteroatoms. The number of para-hydroxylation sites is 2. The van der Waals surface area contributed by atoms with E-state index < -0.39 is 0 Å². The summed E-state index contributed by atoms with van der Waals surface area (Å²) in [5.41, 5.74) is 3.43. The van der Waals surface area contributed by atoms with Gasteiger partial charge in [-0.25, -0.2) is 4.98 Å². The van der Waals surface area contributed by atoms with Crippen molar-refractivity contribution < 1.29 is 0 Å². The van der Waals surface area contributed by atoms with Crippen LogP contribution < -0.4 is 10.2 Å². The molecule has 24 heavy (non-hydrogen) atoms. The van der Waals surface area contributed by atoms with Crippen LogP contribution in [0.4, 0.5) is 23.1 Å². The molecule has 4 nitrogen and oxygen atoms in total. The Hall–Kier alpha value is -2.88. The van der Waals surface area contributed by atoms with Crippen LogP contribution >= 0.6 is 0 Å². The summed E-state index contributed by atoms with van der Waals surface area (Å²) in [6.07, 6.45) is 2.76. The number of rotatable bonds is 6. The first kappa shape index (κ1) is 16.0. The molecule has 3 rings (SSSR count). The monoisotopic (exact) mass is 318 g/mol. The first-order chi connectivity index (χ1) is 11.8. The van der Waals surface area contributed by atoms with Crippen molar-refractivity contribution in [3.63, 3.8) is 0 Å². The van der Waals surface area contributed by atoms with Gasteiger partial charge < -0.3 is 10.2 Å². The maximum Gasteiger partial charge on any atom is 0.229 e. The molecule has 0 aliphatic rings. The maximum absolute atomic E-state index is 4.69. The van der Waals surface area contributed by atoms with Gasteiger partial charge in [0, 0.05) is 24.1 Å². The predicted octanol–water partition coefficient (Wildman–Crippen LogP) is 4.94. The molecule has 0 unspecified atom stereocenters. The Balaban J connectivity index is 1.89. The van der Waals surface area contributed by atoms with Gasteiger partial charge in [-0.3, -0.25) is 0 Å². The Kier molecular flexibility index (Phi) is 5.06. The van der Waals surface area contributed by atoms with E-state index >= 15 is 0 Å². The third kappa shape index (κ3) is 3.54. The third-order valence-electron chi connectivity index (χ3n) is 3.95. The van der Waals surface area contributed by atoms with Crippen molar-refractivity contribution in [3.8, 4) is 0 Å². The Morgan fingerprint density at radius 2 is 1.67 bits per heavy atom. The Labute approximate surface area is 143 Å². The van der Waals surface area contributed by atoms with E-state index in [0.29, 0.717) is 5.95 Å². The van der Waals surface area contributed by atoms with Gasteiger partial charge in [-0.15, -0.1) is 0 Å². The SMILES string of the molecule is CCc1ccccc1Nc1nccc(N(CC)c2ccccc2)n1. The van der Waals surface area contributed by atoms with Gasteiger partial charge in [0.1, 0.15) is 5.82 Å². The molecule has 2 aromatic carbocycles. The van der Waals surface area contributed by atoms with E-state index in [1.165, 1.54) is 5.56 Å². The maximum atomic E-state index is 4.69. The molecule has 0 aliphatic carbocycles. The topological polar surface area (TPSA) is 41.1 Å². The van der Waals surface area contributed by atoms with Crippen molar-refractivity contribution in [2.75, 3.05) is 16.8 Å². The summed E-state index contributed by atoms with van der Waals surface area (Å²) in [5.74, 6) is 1.50. The van der Waals surface area contributed by atoms with E-state index in [4.69, 9.17) is 4.98 Å². The van der Waals surface area contributed by atoms with Crippen LogP contribution in [0.5, 0.6) is 0 Å². The van der Waals surface area contributed by atoms with E-state index in [0.717, 1.165) is 30.2 Å². The molecular weight excluding hydrogens is 296 g/mol. The lowest BCUT2D eigenvalue weighted by molar-refractivity contribution is 0.978. The van der Waals surface area contributed by atoms with Gasteiger partial charge in [-0.2, -0.15) is 4.98 Å². The zero-order valence-electron chi connectivity index (χ0n) is 14.1. The molecule has 1 heterocycles. The van der Waals surface area contributed by atoms with Gasteiger partial charge in [0.2, 0.25) is 5.95 Å². The molecule has 1 N–H and O–H groups in total. The van der Waals surface area contributed by atoms with Crippen LogP contribution in [0, 0.1) is 0 Å². The standard InChI is InChI=1S/C20H22N4/c1-3-16-10-8-9-13-18(16)22-20-21-15-14-19(23-20)24(4-2)17-11-6-5-7-12-17/h5-15H,3-4H2,1-2H3,(H,21,22,23). The van der Waals surface area contributed by atoms with Gasteiger partial charge in [0.05, 0.1) is 0 Å². The van der Waals surface area contributed by atoms with Gasteiger partial charge in [-0.05, 0) is 43.2 Å². The number of nitrogens with one attached hydrogen (secondary N) is 1. The highest BCUT2D eigenvalue weighted by atomic mass is 15.2. The fraction of sp³-hybridized carbons (Fsp3) is 0.200. The minimum Gasteiger partial charge on any atom is -0.327 e. The van der Waals surface area contributed by atoms with Crippen LogP contribution in [0.25, 0.3) is 0 Å². The average Bonchev–Trinajstić information content (AvgIpc) is 2.64. The summed E-state index contributed by atoms with van der Waals surface area (Å²) in [4.78, 5) is 11.2. The van der Waals surface area contributed by atoms with E-state index in [9.17, 15) is 0 Å². The lowest BCUT2D eigenvalue weighted by Crippen LogP contribution is -2.17. The molecular formula is C20H22N4. The molecule has 0 amide bonds. The largest absolute Gasteiger partial charge is 0.327 e. The number of anilines is 4. The summed E-state index contributed by atoms with van der Waals surface area (Å²) in [6.45, 7) is 5.10. The van der Waals surface area contributed by atoms with Crippen molar-refractivity contribution in [2.45, 2.75) is 20.3 Å². The first-order valence-electron chi connectivity index (χ1n) is 8.32. The summed E-state index contributed by atoms with van der Waals surface area (Å²) >= 11 is 0. The van der Waals surface area contributed by atoms with Gasteiger partial charge in [-0.1, -0.05) is 43.3 Å². The molecule has 122 valence electrons. The highest BCUT2D eigenvalue weighted by Gasteiger charge is 2.10. The number of aryl methyl sites for hydroxylation is 1. The summed E-state index contributed by atoms with van der Waals surface area (Å²) in [5, 5.41) is 3.35. The van der Waals surface area contributed by atoms with E-state index in [1.807, 2.05) is 30.3 Å². The molecule has 0 radical (unpaired) electrons. The fourth-order valence-electron chi connectivity index (χ4n) is 2.72. The molecule has 0 atom stereocenters. The second-order valence-electron chi connectivity index (χ2n) is 5.45. The number of hydrogen-bond donors (Lipinski definition) is 1.